The normalized spacial score (nSPS) is 11.0. The Morgan fingerprint density at radius 2 is 2.19 bits per heavy atom. The summed E-state index contributed by atoms with van der Waals surface area (Å²) in [7, 11) is 3.65. The van der Waals surface area contributed by atoms with Gasteiger partial charge in [-0.2, -0.15) is 0 Å². The molecule has 108 valence electrons. The second-order valence-corrected chi connectivity index (χ2v) is 5.46. The number of carbonyl (C=O) groups is 1. The van der Waals surface area contributed by atoms with Gasteiger partial charge >= 0.3 is 0 Å². The van der Waals surface area contributed by atoms with Crippen LogP contribution in [0.15, 0.2) is 47.3 Å². The number of benzene rings is 1. The number of aryl methyl sites for hydroxylation is 1. The average Bonchev–Trinajstić information content (AvgIpc) is 3.08. The van der Waals surface area contributed by atoms with Gasteiger partial charge in [0, 0.05) is 42.1 Å². The number of fused-ring (bicyclic) bond motifs is 1. The van der Waals surface area contributed by atoms with Gasteiger partial charge in [0.2, 0.25) is 0 Å². The zero-order valence-electron chi connectivity index (χ0n) is 11.8. The number of amides is 1. The number of hydrogen-bond acceptors (Lipinski definition) is 2. The van der Waals surface area contributed by atoms with Crippen LogP contribution in [0.2, 0.25) is 5.02 Å². The molecule has 3 aromatic rings. The van der Waals surface area contributed by atoms with Gasteiger partial charge in [0.1, 0.15) is 5.69 Å². The molecular weight excluding hydrogens is 288 g/mol. The molecule has 3 rings (SSSR count). The van der Waals surface area contributed by atoms with E-state index in [1.54, 1.807) is 24.5 Å². The van der Waals surface area contributed by atoms with Crippen molar-refractivity contribution in [2.24, 2.45) is 7.05 Å². The van der Waals surface area contributed by atoms with Crippen LogP contribution in [-0.2, 0) is 13.6 Å². The second kappa shape index (κ2) is 5.30. The van der Waals surface area contributed by atoms with Crippen molar-refractivity contribution in [2.45, 2.75) is 6.54 Å². The minimum atomic E-state index is -0.0500. The first-order valence-electron chi connectivity index (χ1n) is 6.58. The Balaban J connectivity index is 1.94. The summed E-state index contributed by atoms with van der Waals surface area (Å²) < 4.78 is 6.90. The monoisotopic (exact) mass is 302 g/mol. The Hall–Kier alpha value is -2.20. The Bertz CT molecular complexity index is 790. The lowest BCUT2D eigenvalue weighted by atomic mass is 10.2. The fourth-order valence-electron chi connectivity index (χ4n) is 2.45. The molecule has 1 aromatic carbocycles. The third kappa shape index (κ3) is 2.43. The molecule has 0 fully saturated rings. The summed E-state index contributed by atoms with van der Waals surface area (Å²) in [6, 6.07) is 9.35. The van der Waals surface area contributed by atoms with Gasteiger partial charge in [-0.3, -0.25) is 4.79 Å². The van der Waals surface area contributed by atoms with Gasteiger partial charge in [-0.25, -0.2) is 0 Å². The van der Waals surface area contributed by atoms with Crippen LogP contribution < -0.4 is 0 Å². The number of halogens is 1. The van der Waals surface area contributed by atoms with Crippen molar-refractivity contribution < 1.29 is 9.21 Å². The number of furan rings is 1. The van der Waals surface area contributed by atoms with Gasteiger partial charge < -0.3 is 13.9 Å². The molecule has 1 amide bonds. The van der Waals surface area contributed by atoms with E-state index in [9.17, 15) is 4.79 Å². The fraction of sp³-hybridized carbons (Fsp3) is 0.188. The molecule has 0 unspecified atom stereocenters. The highest BCUT2D eigenvalue weighted by Gasteiger charge is 2.18. The molecule has 0 aliphatic carbocycles. The summed E-state index contributed by atoms with van der Waals surface area (Å²) in [5, 5.41) is 1.54. The molecular formula is C16H15ClN2O2. The van der Waals surface area contributed by atoms with Crippen LogP contribution in [0.3, 0.4) is 0 Å². The summed E-state index contributed by atoms with van der Waals surface area (Å²) >= 11 is 6.19. The fourth-order valence-corrected chi connectivity index (χ4v) is 2.68. The van der Waals surface area contributed by atoms with E-state index in [1.165, 1.54) is 0 Å². The summed E-state index contributed by atoms with van der Waals surface area (Å²) in [6.07, 6.45) is 3.24. The maximum absolute atomic E-state index is 12.6. The molecule has 0 saturated carbocycles. The van der Waals surface area contributed by atoms with Crippen molar-refractivity contribution in [1.29, 1.82) is 0 Å². The van der Waals surface area contributed by atoms with Gasteiger partial charge in [-0.05, 0) is 24.3 Å². The maximum Gasteiger partial charge on any atom is 0.270 e. The van der Waals surface area contributed by atoms with Crippen molar-refractivity contribution in [1.82, 2.24) is 9.47 Å². The molecule has 0 radical (unpaired) electrons. The predicted octanol–water partition coefficient (Wildman–Crippen LogP) is 3.70. The molecule has 0 saturated heterocycles. The summed E-state index contributed by atoms with van der Waals surface area (Å²) in [4.78, 5) is 14.3. The summed E-state index contributed by atoms with van der Waals surface area (Å²) in [5.41, 5.74) is 2.52. The number of aromatic nitrogens is 1. The number of hydrogen-bond donors (Lipinski definition) is 0. The van der Waals surface area contributed by atoms with Crippen molar-refractivity contribution in [2.75, 3.05) is 7.05 Å². The topological polar surface area (TPSA) is 38.4 Å². The highest BCUT2D eigenvalue weighted by atomic mass is 35.5. The zero-order valence-corrected chi connectivity index (χ0v) is 12.6. The van der Waals surface area contributed by atoms with E-state index in [0.29, 0.717) is 17.3 Å². The van der Waals surface area contributed by atoms with E-state index < -0.39 is 0 Å². The third-order valence-electron chi connectivity index (χ3n) is 3.60. The molecule has 0 N–H and O–H groups in total. The Morgan fingerprint density at radius 3 is 2.86 bits per heavy atom. The third-order valence-corrected chi connectivity index (χ3v) is 3.93. The van der Waals surface area contributed by atoms with E-state index >= 15 is 0 Å². The first-order valence-corrected chi connectivity index (χ1v) is 6.96. The maximum atomic E-state index is 12.6. The van der Waals surface area contributed by atoms with E-state index in [4.69, 9.17) is 16.0 Å². The molecule has 21 heavy (non-hydrogen) atoms. The van der Waals surface area contributed by atoms with Gasteiger partial charge in [0.25, 0.3) is 5.91 Å². The lowest BCUT2D eigenvalue weighted by molar-refractivity contribution is 0.0776. The smallest absolute Gasteiger partial charge is 0.270 e. The number of nitrogens with zero attached hydrogens (tertiary/aromatic N) is 2. The Morgan fingerprint density at radius 1 is 1.38 bits per heavy atom. The number of carbonyl (C=O) groups excluding carboxylic acids is 1. The largest absolute Gasteiger partial charge is 0.472 e. The highest BCUT2D eigenvalue weighted by molar-refractivity contribution is 6.35. The zero-order chi connectivity index (χ0) is 15.0. The molecule has 5 heteroatoms. The van der Waals surface area contributed by atoms with Crippen LogP contribution in [0, 0.1) is 0 Å². The molecule has 0 atom stereocenters. The molecule has 0 spiro atoms. The van der Waals surface area contributed by atoms with Crippen molar-refractivity contribution >= 4 is 28.4 Å². The minimum Gasteiger partial charge on any atom is -0.472 e. The molecule has 2 aromatic heterocycles. The quantitative estimate of drug-likeness (QED) is 0.740. The molecule has 0 bridgehead atoms. The first kappa shape index (κ1) is 13.8. The van der Waals surface area contributed by atoms with Crippen molar-refractivity contribution in [3.05, 3.63) is 59.1 Å². The van der Waals surface area contributed by atoms with E-state index in [-0.39, 0.29) is 5.91 Å². The minimum absolute atomic E-state index is 0.0500. The lowest BCUT2D eigenvalue weighted by Crippen LogP contribution is -2.27. The highest BCUT2D eigenvalue weighted by Crippen LogP contribution is 2.26. The van der Waals surface area contributed by atoms with Gasteiger partial charge in [0.05, 0.1) is 12.5 Å². The second-order valence-electron chi connectivity index (χ2n) is 5.05. The average molecular weight is 303 g/mol. The van der Waals surface area contributed by atoms with Crippen LogP contribution in [0.4, 0.5) is 0 Å². The Labute approximate surface area is 127 Å². The van der Waals surface area contributed by atoms with E-state index in [1.807, 2.05) is 41.9 Å². The molecule has 0 aliphatic rings. The van der Waals surface area contributed by atoms with Crippen LogP contribution in [0.5, 0.6) is 0 Å². The molecule has 4 nitrogen and oxygen atoms in total. The number of rotatable bonds is 3. The first-order chi connectivity index (χ1) is 10.1. The van der Waals surface area contributed by atoms with Crippen LogP contribution >= 0.6 is 11.6 Å². The summed E-state index contributed by atoms with van der Waals surface area (Å²) in [6.45, 7) is 0.505. The SMILES string of the molecule is CN(Cc1ccoc1)C(=O)c1cc2c(Cl)cccc2n1C. The van der Waals surface area contributed by atoms with Crippen LogP contribution in [0.1, 0.15) is 16.1 Å². The Kier molecular flexibility index (Phi) is 3.47. The van der Waals surface area contributed by atoms with Crippen molar-refractivity contribution in [3.8, 4) is 0 Å². The van der Waals surface area contributed by atoms with Gasteiger partial charge in [-0.1, -0.05) is 17.7 Å². The summed E-state index contributed by atoms with van der Waals surface area (Å²) in [5.74, 6) is -0.0500. The predicted molar refractivity (Wildman–Crippen MR) is 82.4 cm³/mol. The lowest BCUT2D eigenvalue weighted by Gasteiger charge is -2.16. The van der Waals surface area contributed by atoms with E-state index in [0.717, 1.165) is 16.5 Å². The van der Waals surface area contributed by atoms with E-state index in [2.05, 4.69) is 0 Å². The van der Waals surface area contributed by atoms with Crippen LogP contribution in [-0.4, -0.2) is 22.4 Å². The van der Waals surface area contributed by atoms with Crippen LogP contribution in [0.25, 0.3) is 10.9 Å². The van der Waals surface area contributed by atoms with Gasteiger partial charge in [0.15, 0.2) is 0 Å². The van der Waals surface area contributed by atoms with Crippen molar-refractivity contribution in [3.63, 3.8) is 0 Å². The van der Waals surface area contributed by atoms with Gasteiger partial charge in [-0.15, -0.1) is 0 Å². The standard InChI is InChI=1S/C16H15ClN2O2/c1-18(9-11-6-7-21-10-11)16(20)15-8-12-13(17)4-3-5-14(12)19(15)2/h3-8,10H,9H2,1-2H3. The molecule has 0 aliphatic heterocycles. The molecule has 2 heterocycles.